The van der Waals surface area contributed by atoms with Crippen molar-refractivity contribution in [3.05, 3.63) is 0 Å². The van der Waals surface area contributed by atoms with E-state index >= 15 is 0 Å². The smallest absolute Gasteiger partial charge is 0.132 e. The molecule has 1 nitrogen and oxygen atoms in total. The van der Waals surface area contributed by atoms with E-state index in [2.05, 4.69) is 13.8 Å². The van der Waals surface area contributed by atoms with Crippen molar-refractivity contribution >= 4 is 5.78 Å². The molecule has 76 valence electrons. The van der Waals surface area contributed by atoms with Crippen LogP contribution >= 0.6 is 0 Å². The van der Waals surface area contributed by atoms with E-state index in [-0.39, 0.29) is 0 Å². The molecular formula is C12H22O. The van der Waals surface area contributed by atoms with Gasteiger partial charge in [-0.25, -0.2) is 0 Å². The third-order valence-corrected chi connectivity index (χ3v) is 3.23. The summed E-state index contributed by atoms with van der Waals surface area (Å²) in [4.78, 5) is 11.1. The van der Waals surface area contributed by atoms with E-state index in [1.807, 2.05) is 0 Å². The van der Waals surface area contributed by atoms with Crippen LogP contribution in [0.15, 0.2) is 0 Å². The van der Waals surface area contributed by atoms with Crippen LogP contribution < -0.4 is 0 Å². The van der Waals surface area contributed by atoms with Crippen LogP contribution in [0.3, 0.4) is 0 Å². The zero-order valence-electron chi connectivity index (χ0n) is 9.18. The maximum atomic E-state index is 11.1. The Kier molecular flexibility index (Phi) is 3.95. The Morgan fingerprint density at radius 2 is 1.77 bits per heavy atom. The largest absolute Gasteiger partial charge is 0.300 e. The standard InChI is InChI=1S/C12H22O/c1-9(2)8-11-4-6-12(7-5-11)10(3)13/h9,11-12H,4-8H2,1-3H3. The van der Waals surface area contributed by atoms with Gasteiger partial charge in [0.2, 0.25) is 0 Å². The van der Waals surface area contributed by atoms with Gasteiger partial charge >= 0.3 is 0 Å². The molecule has 1 fully saturated rings. The Hall–Kier alpha value is -0.330. The number of hydrogen-bond donors (Lipinski definition) is 0. The minimum Gasteiger partial charge on any atom is -0.300 e. The van der Waals surface area contributed by atoms with E-state index in [1.165, 1.54) is 19.3 Å². The van der Waals surface area contributed by atoms with Crippen molar-refractivity contribution in [2.45, 2.75) is 52.9 Å². The van der Waals surface area contributed by atoms with Crippen molar-refractivity contribution in [1.29, 1.82) is 0 Å². The molecule has 0 radical (unpaired) electrons. The van der Waals surface area contributed by atoms with E-state index in [4.69, 9.17) is 0 Å². The summed E-state index contributed by atoms with van der Waals surface area (Å²) in [7, 11) is 0. The molecule has 1 aliphatic carbocycles. The van der Waals surface area contributed by atoms with Gasteiger partial charge in [-0.05, 0) is 50.9 Å². The number of Topliss-reactive ketones (excluding diaryl/α,β-unsaturated/α-hetero) is 1. The SMILES string of the molecule is CC(=O)C1CCC(CC(C)C)CC1. The molecule has 1 saturated carbocycles. The molecule has 0 spiro atoms. The average molecular weight is 182 g/mol. The molecule has 0 aromatic heterocycles. The molecule has 0 aliphatic heterocycles. The molecular weight excluding hydrogens is 160 g/mol. The second-order valence-corrected chi connectivity index (χ2v) is 4.96. The molecule has 0 saturated heterocycles. The maximum absolute atomic E-state index is 11.1. The summed E-state index contributed by atoms with van der Waals surface area (Å²) in [6, 6.07) is 0. The number of hydrogen-bond acceptors (Lipinski definition) is 1. The Labute approximate surface area is 81.9 Å². The Balaban J connectivity index is 2.26. The second kappa shape index (κ2) is 4.78. The van der Waals surface area contributed by atoms with Crippen LogP contribution in [0.25, 0.3) is 0 Å². The van der Waals surface area contributed by atoms with Gasteiger partial charge in [0.1, 0.15) is 5.78 Å². The Morgan fingerprint density at radius 1 is 1.23 bits per heavy atom. The van der Waals surface area contributed by atoms with Crippen LogP contribution in [0, 0.1) is 17.8 Å². The number of rotatable bonds is 3. The highest BCUT2D eigenvalue weighted by atomic mass is 16.1. The Bertz CT molecular complexity index is 164. The lowest BCUT2D eigenvalue weighted by atomic mass is 9.77. The van der Waals surface area contributed by atoms with Gasteiger partial charge in [0.15, 0.2) is 0 Å². The molecule has 0 aromatic carbocycles. The molecule has 1 rings (SSSR count). The molecule has 0 amide bonds. The highest BCUT2D eigenvalue weighted by Crippen LogP contribution is 2.32. The van der Waals surface area contributed by atoms with Gasteiger partial charge < -0.3 is 0 Å². The normalized spacial score (nSPS) is 29.2. The first-order valence-electron chi connectivity index (χ1n) is 5.60. The van der Waals surface area contributed by atoms with E-state index in [9.17, 15) is 4.79 Å². The molecule has 0 heterocycles. The van der Waals surface area contributed by atoms with Gasteiger partial charge in [0.25, 0.3) is 0 Å². The average Bonchev–Trinajstić information content (AvgIpc) is 2.04. The maximum Gasteiger partial charge on any atom is 0.132 e. The van der Waals surface area contributed by atoms with Crippen LogP contribution in [0.2, 0.25) is 0 Å². The summed E-state index contributed by atoms with van der Waals surface area (Å²) in [6.07, 6.45) is 6.20. The number of ketones is 1. The fourth-order valence-corrected chi connectivity index (χ4v) is 2.47. The molecule has 0 N–H and O–H groups in total. The molecule has 0 aromatic rings. The first-order valence-corrected chi connectivity index (χ1v) is 5.60. The highest BCUT2D eigenvalue weighted by Gasteiger charge is 2.23. The summed E-state index contributed by atoms with van der Waals surface area (Å²) in [6.45, 7) is 6.32. The zero-order chi connectivity index (χ0) is 9.84. The first-order chi connectivity index (χ1) is 6.09. The third kappa shape index (κ3) is 3.50. The summed E-state index contributed by atoms with van der Waals surface area (Å²) in [5, 5.41) is 0. The van der Waals surface area contributed by atoms with E-state index in [1.54, 1.807) is 6.92 Å². The van der Waals surface area contributed by atoms with Crippen molar-refractivity contribution in [1.82, 2.24) is 0 Å². The fraction of sp³-hybridized carbons (Fsp3) is 0.917. The van der Waals surface area contributed by atoms with Crippen LogP contribution in [0.4, 0.5) is 0 Å². The van der Waals surface area contributed by atoms with Gasteiger partial charge in [0.05, 0.1) is 0 Å². The van der Waals surface area contributed by atoms with Crippen LogP contribution in [0.1, 0.15) is 52.9 Å². The van der Waals surface area contributed by atoms with Gasteiger partial charge in [0, 0.05) is 5.92 Å². The van der Waals surface area contributed by atoms with Crippen LogP contribution in [0.5, 0.6) is 0 Å². The molecule has 1 heteroatoms. The van der Waals surface area contributed by atoms with Gasteiger partial charge in [-0.15, -0.1) is 0 Å². The van der Waals surface area contributed by atoms with E-state index in [0.717, 1.165) is 24.7 Å². The van der Waals surface area contributed by atoms with Gasteiger partial charge in [-0.3, -0.25) is 4.79 Å². The van der Waals surface area contributed by atoms with Crippen molar-refractivity contribution in [3.63, 3.8) is 0 Å². The van der Waals surface area contributed by atoms with Crippen molar-refractivity contribution in [3.8, 4) is 0 Å². The predicted molar refractivity (Wildman–Crippen MR) is 55.6 cm³/mol. The monoisotopic (exact) mass is 182 g/mol. The van der Waals surface area contributed by atoms with Crippen LogP contribution in [-0.2, 0) is 4.79 Å². The molecule has 13 heavy (non-hydrogen) atoms. The lowest BCUT2D eigenvalue weighted by Gasteiger charge is -2.27. The topological polar surface area (TPSA) is 17.1 Å². The summed E-state index contributed by atoms with van der Waals surface area (Å²) in [5.74, 6) is 2.51. The molecule has 0 bridgehead atoms. The van der Waals surface area contributed by atoms with Gasteiger partial charge in [-0.2, -0.15) is 0 Å². The summed E-state index contributed by atoms with van der Waals surface area (Å²) in [5.41, 5.74) is 0. The zero-order valence-corrected chi connectivity index (χ0v) is 9.18. The molecule has 1 aliphatic rings. The highest BCUT2D eigenvalue weighted by molar-refractivity contribution is 5.78. The summed E-state index contributed by atoms with van der Waals surface area (Å²) >= 11 is 0. The lowest BCUT2D eigenvalue weighted by molar-refractivity contribution is -0.121. The molecule has 0 unspecified atom stereocenters. The first kappa shape index (κ1) is 10.7. The van der Waals surface area contributed by atoms with E-state index in [0.29, 0.717) is 11.7 Å². The Morgan fingerprint density at radius 3 is 2.15 bits per heavy atom. The second-order valence-electron chi connectivity index (χ2n) is 4.96. The minimum absolute atomic E-state index is 0.392. The quantitative estimate of drug-likeness (QED) is 0.653. The lowest BCUT2D eigenvalue weighted by Crippen LogP contribution is -2.20. The van der Waals surface area contributed by atoms with Gasteiger partial charge in [-0.1, -0.05) is 13.8 Å². The van der Waals surface area contributed by atoms with E-state index < -0.39 is 0 Å². The molecule has 0 atom stereocenters. The predicted octanol–water partition coefficient (Wildman–Crippen LogP) is 3.43. The number of carbonyl (C=O) groups is 1. The summed E-state index contributed by atoms with van der Waals surface area (Å²) < 4.78 is 0. The van der Waals surface area contributed by atoms with Crippen molar-refractivity contribution < 1.29 is 4.79 Å². The number of carbonyl (C=O) groups excluding carboxylic acids is 1. The van der Waals surface area contributed by atoms with Crippen molar-refractivity contribution in [2.24, 2.45) is 17.8 Å². The fourth-order valence-electron chi connectivity index (χ4n) is 2.47. The minimum atomic E-state index is 0.392. The van der Waals surface area contributed by atoms with Crippen LogP contribution in [-0.4, -0.2) is 5.78 Å². The third-order valence-electron chi connectivity index (χ3n) is 3.23. The van der Waals surface area contributed by atoms with Crippen molar-refractivity contribution in [2.75, 3.05) is 0 Å².